The number of aromatic nitrogens is 2. The van der Waals surface area contributed by atoms with Crippen LogP contribution in [0.2, 0.25) is 0 Å². The van der Waals surface area contributed by atoms with Crippen molar-refractivity contribution in [2.24, 2.45) is 7.05 Å². The van der Waals surface area contributed by atoms with Gasteiger partial charge in [0.2, 0.25) is 0 Å². The van der Waals surface area contributed by atoms with Crippen molar-refractivity contribution in [1.82, 2.24) is 14.9 Å². The van der Waals surface area contributed by atoms with Crippen molar-refractivity contribution in [3.63, 3.8) is 0 Å². The molecule has 0 aliphatic heterocycles. The quantitative estimate of drug-likeness (QED) is 0.892. The number of rotatable bonds is 5. The summed E-state index contributed by atoms with van der Waals surface area (Å²) in [6.45, 7) is 7.48. The third-order valence-electron chi connectivity index (χ3n) is 3.36. The van der Waals surface area contributed by atoms with Crippen LogP contribution in [0.5, 0.6) is 0 Å². The topological polar surface area (TPSA) is 29.9 Å². The molecule has 0 radical (unpaired) electrons. The molecule has 1 N–H and O–H groups in total. The van der Waals surface area contributed by atoms with Crippen LogP contribution in [0.3, 0.4) is 0 Å². The maximum absolute atomic E-state index is 4.52. The Hall–Kier alpha value is -1.61. The third-order valence-corrected chi connectivity index (χ3v) is 3.36. The highest BCUT2D eigenvalue weighted by atomic mass is 15.0. The molecular weight excluding hydrogens is 234 g/mol. The van der Waals surface area contributed by atoms with Gasteiger partial charge in [-0.3, -0.25) is 0 Å². The van der Waals surface area contributed by atoms with E-state index in [4.69, 9.17) is 0 Å². The van der Waals surface area contributed by atoms with Gasteiger partial charge in [0.25, 0.3) is 0 Å². The molecule has 102 valence electrons. The van der Waals surface area contributed by atoms with Gasteiger partial charge >= 0.3 is 0 Å². The molecule has 19 heavy (non-hydrogen) atoms. The van der Waals surface area contributed by atoms with Crippen LogP contribution in [0.25, 0.3) is 0 Å². The first-order chi connectivity index (χ1) is 9.11. The monoisotopic (exact) mass is 257 g/mol. The Morgan fingerprint density at radius 1 is 1.32 bits per heavy atom. The molecule has 0 saturated carbocycles. The molecule has 1 aromatic heterocycles. The van der Waals surface area contributed by atoms with Crippen LogP contribution >= 0.6 is 0 Å². The Kier molecular flexibility index (Phi) is 4.38. The molecule has 3 heteroatoms. The number of imidazole rings is 1. The van der Waals surface area contributed by atoms with Gasteiger partial charge in [-0.15, -0.1) is 0 Å². The van der Waals surface area contributed by atoms with E-state index in [9.17, 15) is 0 Å². The molecule has 1 aromatic carbocycles. The normalized spacial score (nSPS) is 12.6. The summed E-state index contributed by atoms with van der Waals surface area (Å²) in [6, 6.07) is 6.79. The molecule has 0 spiro atoms. The van der Waals surface area contributed by atoms with Crippen molar-refractivity contribution in [2.75, 3.05) is 6.54 Å². The van der Waals surface area contributed by atoms with Gasteiger partial charge in [0.1, 0.15) is 0 Å². The zero-order valence-electron chi connectivity index (χ0n) is 12.3. The van der Waals surface area contributed by atoms with E-state index in [2.05, 4.69) is 55.5 Å². The fraction of sp³-hybridized carbons (Fsp3) is 0.438. The fourth-order valence-corrected chi connectivity index (χ4v) is 2.32. The standard InChI is InChI=1S/C16H23N3/c1-5-8-17-16(15-10-19(4)11-18-15)14-9-12(2)6-7-13(14)3/h6-7,9-11,16-17H,5,8H2,1-4H3. The van der Waals surface area contributed by atoms with E-state index in [0.717, 1.165) is 18.7 Å². The predicted molar refractivity (Wildman–Crippen MR) is 79.3 cm³/mol. The molecular formula is C16H23N3. The first-order valence-corrected chi connectivity index (χ1v) is 6.90. The van der Waals surface area contributed by atoms with Crippen LogP contribution < -0.4 is 5.32 Å². The van der Waals surface area contributed by atoms with Crippen LogP contribution in [-0.2, 0) is 7.05 Å². The number of nitrogens with zero attached hydrogens (tertiary/aromatic N) is 2. The summed E-state index contributed by atoms with van der Waals surface area (Å²) < 4.78 is 2.00. The number of hydrogen-bond donors (Lipinski definition) is 1. The largest absolute Gasteiger partial charge is 0.340 e. The molecule has 2 aromatic rings. The van der Waals surface area contributed by atoms with Gasteiger partial charge in [-0.2, -0.15) is 0 Å². The lowest BCUT2D eigenvalue weighted by Crippen LogP contribution is -2.24. The molecule has 1 heterocycles. The lowest BCUT2D eigenvalue weighted by molar-refractivity contribution is 0.585. The Morgan fingerprint density at radius 3 is 2.74 bits per heavy atom. The van der Waals surface area contributed by atoms with E-state index >= 15 is 0 Å². The first kappa shape index (κ1) is 13.8. The molecule has 0 aliphatic rings. The van der Waals surface area contributed by atoms with Crippen molar-refractivity contribution in [1.29, 1.82) is 0 Å². The van der Waals surface area contributed by atoms with Crippen LogP contribution in [0.4, 0.5) is 0 Å². The summed E-state index contributed by atoms with van der Waals surface area (Å²) >= 11 is 0. The zero-order chi connectivity index (χ0) is 13.8. The number of hydrogen-bond acceptors (Lipinski definition) is 2. The molecule has 1 unspecified atom stereocenters. The summed E-state index contributed by atoms with van der Waals surface area (Å²) in [4.78, 5) is 4.52. The Labute approximate surface area is 115 Å². The molecule has 3 nitrogen and oxygen atoms in total. The smallest absolute Gasteiger partial charge is 0.0947 e. The van der Waals surface area contributed by atoms with Gasteiger partial charge in [-0.05, 0) is 37.9 Å². The highest BCUT2D eigenvalue weighted by molar-refractivity contribution is 5.36. The molecule has 0 bridgehead atoms. The molecule has 1 atom stereocenters. The fourth-order valence-electron chi connectivity index (χ4n) is 2.32. The van der Waals surface area contributed by atoms with E-state index in [-0.39, 0.29) is 6.04 Å². The Morgan fingerprint density at radius 2 is 2.11 bits per heavy atom. The number of nitrogens with one attached hydrogen (secondary N) is 1. The summed E-state index contributed by atoms with van der Waals surface area (Å²) in [5, 5.41) is 3.61. The van der Waals surface area contributed by atoms with Gasteiger partial charge < -0.3 is 9.88 Å². The van der Waals surface area contributed by atoms with Crippen LogP contribution in [0.1, 0.15) is 41.8 Å². The van der Waals surface area contributed by atoms with Crippen molar-refractivity contribution < 1.29 is 0 Å². The van der Waals surface area contributed by atoms with Gasteiger partial charge in [-0.25, -0.2) is 4.98 Å². The Bertz CT molecular complexity index is 543. The van der Waals surface area contributed by atoms with Crippen LogP contribution in [0.15, 0.2) is 30.7 Å². The second kappa shape index (κ2) is 6.02. The van der Waals surface area contributed by atoms with Gasteiger partial charge in [0.15, 0.2) is 0 Å². The second-order valence-electron chi connectivity index (χ2n) is 5.21. The third kappa shape index (κ3) is 3.24. The zero-order valence-corrected chi connectivity index (χ0v) is 12.3. The van der Waals surface area contributed by atoms with Crippen LogP contribution in [0, 0.1) is 13.8 Å². The molecule has 2 rings (SSSR count). The molecule has 0 saturated heterocycles. The molecule has 0 aliphatic carbocycles. The average Bonchev–Trinajstić information content (AvgIpc) is 2.80. The highest BCUT2D eigenvalue weighted by Crippen LogP contribution is 2.24. The van der Waals surface area contributed by atoms with E-state index in [1.54, 1.807) is 0 Å². The maximum Gasteiger partial charge on any atom is 0.0947 e. The van der Waals surface area contributed by atoms with E-state index in [1.807, 2.05) is 17.9 Å². The van der Waals surface area contributed by atoms with E-state index in [1.165, 1.54) is 16.7 Å². The minimum Gasteiger partial charge on any atom is -0.340 e. The van der Waals surface area contributed by atoms with Gasteiger partial charge in [0.05, 0.1) is 18.1 Å². The SMILES string of the molecule is CCCNC(c1cn(C)cn1)c1cc(C)ccc1C. The van der Waals surface area contributed by atoms with Crippen molar-refractivity contribution in [3.8, 4) is 0 Å². The van der Waals surface area contributed by atoms with E-state index < -0.39 is 0 Å². The minimum atomic E-state index is 0.182. The van der Waals surface area contributed by atoms with Gasteiger partial charge in [0, 0.05) is 13.2 Å². The van der Waals surface area contributed by atoms with Gasteiger partial charge in [-0.1, -0.05) is 30.7 Å². The summed E-state index contributed by atoms with van der Waals surface area (Å²) in [6.07, 6.45) is 5.07. The lowest BCUT2D eigenvalue weighted by Gasteiger charge is -2.19. The first-order valence-electron chi connectivity index (χ1n) is 6.90. The number of benzene rings is 1. The Balaban J connectivity index is 2.39. The van der Waals surface area contributed by atoms with E-state index in [0.29, 0.717) is 0 Å². The minimum absolute atomic E-state index is 0.182. The van der Waals surface area contributed by atoms with Crippen molar-refractivity contribution in [2.45, 2.75) is 33.2 Å². The maximum atomic E-state index is 4.52. The summed E-state index contributed by atoms with van der Waals surface area (Å²) in [5.41, 5.74) is 5.02. The van der Waals surface area contributed by atoms with Crippen molar-refractivity contribution in [3.05, 3.63) is 53.1 Å². The lowest BCUT2D eigenvalue weighted by atomic mass is 9.97. The van der Waals surface area contributed by atoms with Crippen molar-refractivity contribution >= 4 is 0 Å². The molecule has 0 amide bonds. The molecule has 0 fully saturated rings. The number of aryl methyl sites for hydroxylation is 3. The predicted octanol–water partition coefficient (Wildman–Crippen LogP) is 3.13. The highest BCUT2D eigenvalue weighted by Gasteiger charge is 2.17. The average molecular weight is 257 g/mol. The second-order valence-corrected chi connectivity index (χ2v) is 5.21. The summed E-state index contributed by atoms with van der Waals surface area (Å²) in [5.74, 6) is 0. The van der Waals surface area contributed by atoms with Crippen LogP contribution in [-0.4, -0.2) is 16.1 Å². The summed E-state index contributed by atoms with van der Waals surface area (Å²) in [7, 11) is 2.01.